The topological polar surface area (TPSA) is 31.2 Å². The van der Waals surface area contributed by atoms with Crippen LogP contribution in [-0.2, 0) is 16.6 Å². The van der Waals surface area contributed by atoms with Crippen LogP contribution in [0.4, 0.5) is 0 Å². The molecule has 0 bridgehead atoms. The molecule has 0 N–H and O–H groups in total. The Bertz CT molecular complexity index is 967. The highest BCUT2D eigenvalue weighted by molar-refractivity contribution is 5.97. The predicted molar refractivity (Wildman–Crippen MR) is 110 cm³/mol. The normalized spacial score (nSPS) is 15.1. The molecule has 27 heavy (non-hydrogen) atoms. The molecule has 0 radical (unpaired) electrons. The van der Waals surface area contributed by atoms with Crippen LogP contribution < -0.4 is 0 Å². The van der Waals surface area contributed by atoms with E-state index in [1.165, 1.54) is 29.3 Å². The van der Waals surface area contributed by atoms with E-state index in [-0.39, 0.29) is 11.9 Å². The molecule has 0 aliphatic heterocycles. The fraction of sp³-hybridized carbons (Fsp3) is 0.375. The molecular formula is C24H27NO2. The van der Waals surface area contributed by atoms with E-state index in [0.717, 1.165) is 23.2 Å². The van der Waals surface area contributed by atoms with Crippen LogP contribution in [0.1, 0.15) is 43.2 Å². The van der Waals surface area contributed by atoms with Crippen molar-refractivity contribution in [2.45, 2.75) is 39.0 Å². The number of rotatable bonds is 6. The number of nitrogens with zero attached hydrogens (tertiary/aromatic N) is 1. The maximum Gasteiger partial charge on any atom is 0.313 e. The third-order valence-electron chi connectivity index (χ3n) is 5.63. The number of aromatic nitrogens is 1. The van der Waals surface area contributed by atoms with Gasteiger partial charge in [0, 0.05) is 18.0 Å². The summed E-state index contributed by atoms with van der Waals surface area (Å²) >= 11 is 0. The summed E-state index contributed by atoms with van der Waals surface area (Å²) in [4.78, 5) is 13.0. The van der Waals surface area contributed by atoms with E-state index < -0.39 is 0 Å². The maximum atomic E-state index is 13.0. The fourth-order valence-corrected chi connectivity index (χ4v) is 4.14. The predicted octanol–water partition coefficient (Wildman–Crippen LogP) is 5.60. The Balaban J connectivity index is 1.97. The van der Waals surface area contributed by atoms with Crippen LogP contribution in [0.25, 0.3) is 22.2 Å². The first-order valence-electron chi connectivity index (χ1n) is 9.91. The number of aryl methyl sites for hydroxylation is 2. The van der Waals surface area contributed by atoms with Gasteiger partial charge in [0.05, 0.1) is 18.2 Å². The van der Waals surface area contributed by atoms with Crippen LogP contribution in [0.5, 0.6) is 0 Å². The molecule has 1 aliphatic carbocycles. The van der Waals surface area contributed by atoms with E-state index in [2.05, 4.69) is 61.0 Å². The number of benzene rings is 2. The highest BCUT2D eigenvalue weighted by atomic mass is 16.5. The molecule has 0 spiro atoms. The second-order valence-electron chi connectivity index (χ2n) is 7.69. The number of ether oxygens (including phenoxy) is 1. The quantitative estimate of drug-likeness (QED) is 0.535. The summed E-state index contributed by atoms with van der Waals surface area (Å²) in [6.45, 7) is 4.42. The monoisotopic (exact) mass is 361 g/mol. The minimum absolute atomic E-state index is 0.0883. The van der Waals surface area contributed by atoms with Gasteiger partial charge in [-0.3, -0.25) is 4.79 Å². The van der Waals surface area contributed by atoms with E-state index >= 15 is 0 Å². The molecule has 3 nitrogen and oxygen atoms in total. The largest absolute Gasteiger partial charge is 0.466 e. The van der Waals surface area contributed by atoms with Crippen molar-refractivity contribution in [1.82, 2.24) is 4.57 Å². The molecule has 4 rings (SSSR count). The Labute approximate surface area is 161 Å². The van der Waals surface area contributed by atoms with Crippen LogP contribution >= 0.6 is 0 Å². The van der Waals surface area contributed by atoms with Crippen molar-refractivity contribution in [3.63, 3.8) is 0 Å². The number of hydrogen-bond acceptors (Lipinski definition) is 2. The molecule has 0 saturated heterocycles. The lowest BCUT2D eigenvalue weighted by atomic mass is 9.89. The van der Waals surface area contributed by atoms with Crippen molar-refractivity contribution in [3.05, 3.63) is 59.7 Å². The van der Waals surface area contributed by atoms with E-state index in [1.807, 2.05) is 13.0 Å². The second-order valence-corrected chi connectivity index (χ2v) is 7.69. The van der Waals surface area contributed by atoms with E-state index in [0.29, 0.717) is 12.5 Å². The van der Waals surface area contributed by atoms with Crippen molar-refractivity contribution >= 4 is 16.9 Å². The summed E-state index contributed by atoms with van der Waals surface area (Å²) in [6.07, 6.45) is 3.33. The lowest BCUT2D eigenvalue weighted by Crippen LogP contribution is -2.17. The highest BCUT2D eigenvalue weighted by Crippen LogP contribution is 2.45. The zero-order chi connectivity index (χ0) is 19.0. The molecule has 3 aromatic rings. The van der Waals surface area contributed by atoms with Gasteiger partial charge in [-0.2, -0.15) is 0 Å². The van der Waals surface area contributed by atoms with Gasteiger partial charge in [0.2, 0.25) is 0 Å². The minimum atomic E-state index is -0.209. The maximum absolute atomic E-state index is 13.0. The number of esters is 1. The third-order valence-corrected chi connectivity index (χ3v) is 5.63. The first-order valence-corrected chi connectivity index (χ1v) is 9.91. The molecule has 3 heteroatoms. The Morgan fingerprint density at radius 3 is 2.59 bits per heavy atom. The third kappa shape index (κ3) is 3.39. The Morgan fingerprint density at radius 2 is 1.93 bits per heavy atom. The van der Waals surface area contributed by atoms with Crippen molar-refractivity contribution in [2.75, 3.05) is 6.61 Å². The average Bonchev–Trinajstić information content (AvgIpc) is 3.45. The SMILES string of the molecule is CCOC(=O)C(CC1CC1)c1c(-c2ccccc2)n(C)c2cc(C)ccc12. The molecule has 1 unspecified atom stereocenters. The molecule has 1 atom stereocenters. The van der Waals surface area contributed by atoms with Crippen molar-refractivity contribution in [3.8, 4) is 11.3 Å². The first kappa shape index (κ1) is 17.8. The number of carbonyl (C=O) groups is 1. The van der Waals surface area contributed by atoms with Gasteiger partial charge in [-0.1, -0.05) is 55.3 Å². The molecule has 1 saturated carbocycles. The summed E-state index contributed by atoms with van der Waals surface area (Å²) in [7, 11) is 2.10. The van der Waals surface area contributed by atoms with E-state index in [9.17, 15) is 4.79 Å². The highest BCUT2D eigenvalue weighted by Gasteiger charge is 2.35. The van der Waals surface area contributed by atoms with Gasteiger partial charge in [-0.25, -0.2) is 0 Å². The van der Waals surface area contributed by atoms with Gasteiger partial charge in [0.1, 0.15) is 0 Å². The van der Waals surface area contributed by atoms with Crippen molar-refractivity contribution in [2.24, 2.45) is 13.0 Å². The van der Waals surface area contributed by atoms with Crippen LogP contribution in [0.2, 0.25) is 0 Å². The Morgan fingerprint density at radius 1 is 1.19 bits per heavy atom. The van der Waals surface area contributed by atoms with Crippen molar-refractivity contribution < 1.29 is 9.53 Å². The zero-order valence-electron chi connectivity index (χ0n) is 16.4. The Kier molecular flexibility index (Phi) is 4.77. The Hall–Kier alpha value is -2.55. The second kappa shape index (κ2) is 7.22. The summed E-state index contributed by atoms with van der Waals surface area (Å²) < 4.78 is 7.75. The first-order chi connectivity index (χ1) is 13.1. The molecule has 1 fully saturated rings. The molecular weight excluding hydrogens is 334 g/mol. The lowest BCUT2D eigenvalue weighted by molar-refractivity contribution is -0.145. The van der Waals surface area contributed by atoms with Crippen LogP contribution in [0, 0.1) is 12.8 Å². The fourth-order valence-electron chi connectivity index (χ4n) is 4.14. The van der Waals surface area contributed by atoms with Crippen LogP contribution in [0.3, 0.4) is 0 Å². The van der Waals surface area contributed by atoms with Crippen LogP contribution in [-0.4, -0.2) is 17.1 Å². The summed E-state index contributed by atoms with van der Waals surface area (Å²) in [6, 6.07) is 16.9. The van der Waals surface area contributed by atoms with Crippen LogP contribution in [0.15, 0.2) is 48.5 Å². The van der Waals surface area contributed by atoms with Gasteiger partial charge in [0.15, 0.2) is 0 Å². The number of hydrogen-bond donors (Lipinski definition) is 0. The molecule has 2 aromatic carbocycles. The zero-order valence-corrected chi connectivity index (χ0v) is 16.4. The average molecular weight is 361 g/mol. The van der Waals surface area contributed by atoms with Gasteiger partial charge in [-0.15, -0.1) is 0 Å². The summed E-state index contributed by atoms with van der Waals surface area (Å²) in [5.74, 6) is 0.345. The van der Waals surface area contributed by atoms with Gasteiger partial charge in [0.25, 0.3) is 0 Å². The standard InChI is InChI=1S/C24H27NO2/c1-4-27-24(26)20(15-17-11-12-17)22-19-13-10-16(2)14-21(19)25(3)23(22)18-8-6-5-7-9-18/h5-10,13-14,17,20H,4,11-12,15H2,1-3H3. The van der Waals surface area contributed by atoms with Gasteiger partial charge >= 0.3 is 5.97 Å². The van der Waals surface area contributed by atoms with E-state index in [4.69, 9.17) is 4.74 Å². The van der Waals surface area contributed by atoms with Gasteiger partial charge < -0.3 is 9.30 Å². The smallest absolute Gasteiger partial charge is 0.313 e. The lowest BCUT2D eigenvalue weighted by Gasteiger charge is -2.18. The number of carbonyl (C=O) groups excluding carboxylic acids is 1. The summed E-state index contributed by atoms with van der Waals surface area (Å²) in [5, 5.41) is 1.17. The molecule has 140 valence electrons. The van der Waals surface area contributed by atoms with Crippen molar-refractivity contribution in [1.29, 1.82) is 0 Å². The minimum Gasteiger partial charge on any atom is -0.466 e. The molecule has 1 aliphatic rings. The molecule has 0 amide bonds. The number of fused-ring (bicyclic) bond motifs is 1. The van der Waals surface area contributed by atoms with E-state index in [1.54, 1.807) is 0 Å². The molecule has 1 heterocycles. The summed E-state index contributed by atoms with van der Waals surface area (Å²) in [5.41, 5.74) is 5.81. The molecule has 1 aromatic heterocycles. The van der Waals surface area contributed by atoms with Gasteiger partial charge in [-0.05, 0) is 48.9 Å².